The topological polar surface area (TPSA) is 26.0 Å². The van der Waals surface area contributed by atoms with Gasteiger partial charge in [-0.1, -0.05) is 31.5 Å². The fourth-order valence-corrected chi connectivity index (χ4v) is 2.33. The summed E-state index contributed by atoms with van der Waals surface area (Å²) in [6, 6.07) is 8.75. The third-order valence-corrected chi connectivity index (χ3v) is 3.94. The van der Waals surface area contributed by atoms with E-state index in [4.69, 9.17) is 5.73 Å². The molecule has 0 unspecified atom stereocenters. The Kier molecular flexibility index (Phi) is 5.36. The molecule has 16 heavy (non-hydrogen) atoms. The highest BCUT2D eigenvalue weighted by Crippen LogP contribution is 2.24. The van der Waals surface area contributed by atoms with Crippen molar-refractivity contribution in [2.24, 2.45) is 11.1 Å². The van der Waals surface area contributed by atoms with Crippen molar-refractivity contribution in [1.82, 2.24) is 0 Å². The highest BCUT2D eigenvalue weighted by atomic mass is 32.2. The van der Waals surface area contributed by atoms with Gasteiger partial charge in [-0.2, -0.15) is 0 Å². The summed E-state index contributed by atoms with van der Waals surface area (Å²) < 4.78 is 0. The van der Waals surface area contributed by atoms with Gasteiger partial charge in [-0.15, -0.1) is 11.8 Å². The highest BCUT2D eigenvalue weighted by Gasteiger charge is 2.14. The molecule has 0 bridgehead atoms. The van der Waals surface area contributed by atoms with Crippen LogP contribution < -0.4 is 5.73 Å². The van der Waals surface area contributed by atoms with E-state index in [-0.39, 0.29) is 0 Å². The second-order valence-electron chi connectivity index (χ2n) is 5.13. The van der Waals surface area contributed by atoms with E-state index in [0.717, 1.165) is 6.54 Å². The molecule has 2 heteroatoms. The molecule has 0 saturated heterocycles. The Balaban J connectivity index is 2.23. The fraction of sp³-hybridized carbons (Fsp3) is 0.571. The number of hydrogen-bond donors (Lipinski definition) is 1. The lowest BCUT2D eigenvalue weighted by Gasteiger charge is -2.21. The van der Waals surface area contributed by atoms with Gasteiger partial charge in [-0.3, -0.25) is 0 Å². The maximum absolute atomic E-state index is 5.71. The average molecular weight is 237 g/mol. The first-order valence-corrected chi connectivity index (χ1v) is 6.92. The van der Waals surface area contributed by atoms with Crippen LogP contribution in [0.1, 0.15) is 32.3 Å². The Labute approximate surface area is 104 Å². The summed E-state index contributed by atoms with van der Waals surface area (Å²) in [5.74, 6) is 1.19. The van der Waals surface area contributed by atoms with E-state index < -0.39 is 0 Å². The average Bonchev–Trinajstić information content (AvgIpc) is 2.27. The SMILES string of the molecule is Cc1ccc(SCCCC(C)(C)CN)cc1. The molecule has 0 aliphatic rings. The molecule has 0 aliphatic carbocycles. The lowest BCUT2D eigenvalue weighted by Crippen LogP contribution is -2.23. The lowest BCUT2D eigenvalue weighted by molar-refractivity contribution is 0.345. The normalized spacial score (nSPS) is 11.8. The Morgan fingerprint density at radius 1 is 1.19 bits per heavy atom. The quantitative estimate of drug-likeness (QED) is 0.600. The van der Waals surface area contributed by atoms with E-state index >= 15 is 0 Å². The molecule has 0 spiro atoms. The zero-order valence-corrected chi connectivity index (χ0v) is 11.4. The molecule has 2 N–H and O–H groups in total. The first-order chi connectivity index (χ1) is 7.53. The summed E-state index contributed by atoms with van der Waals surface area (Å²) in [7, 11) is 0. The zero-order chi connectivity index (χ0) is 12.0. The first kappa shape index (κ1) is 13.6. The van der Waals surface area contributed by atoms with Crippen LogP contribution in [0.25, 0.3) is 0 Å². The van der Waals surface area contributed by atoms with Gasteiger partial charge in [0, 0.05) is 4.90 Å². The highest BCUT2D eigenvalue weighted by molar-refractivity contribution is 7.99. The summed E-state index contributed by atoms with van der Waals surface area (Å²) in [4.78, 5) is 1.37. The molecule has 0 heterocycles. The van der Waals surface area contributed by atoms with Gasteiger partial charge < -0.3 is 5.73 Å². The number of hydrogen-bond acceptors (Lipinski definition) is 2. The van der Waals surface area contributed by atoms with Crippen molar-refractivity contribution >= 4 is 11.8 Å². The molecule has 0 aliphatic heterocycles. The minimum Gasteiger partial charge on any atom is -0.330 e. The van der Waals surface area contributed by atoms with Crippen LogP contribution in [0.15, 0.2) is 29.2 Å². The number of aryl methyl sites for hydroxylation is 1. The minimum absolute atomic E-state index is 0.299. The molecule has 0 radical (unpaired) electrons. The van der Waals surface area contributed by atoms with Gasteiger partial charge in [0.05, 0.1) is 0 Å². The van der Waals surface area contributed by atoms with Crippen molar-refractivity contribution < 1.29 is 0 Å². The van der Waals surface area contributed by atoms with Crippen molar-refractivity contribution in [2.45, 2.75) is 38.5 Å². The Bertz CT molecular complexity index is 303. The predicted octanol–water partition coefficient (Wildman–Crippen LogP) is 3.85. The molecular weight excluding hydrogens is 214 g/mol. The van der Waals surface area contributed by atoms with Gasteiger partial charge in [-0.25, -0.2) is 0 Å². The molecule has 0 atom stereocenters. The summed E-state index contributed by atoms with van der Waals surface area (Å²) in [6.07, 6.45) is 2.45. The summed E-state index contributed by atoms with van der Waals surface area (Å²) in [6.45, 7) is 7.38. The van der Waals surface area contributed by atoms with E-state index in [2.05, 4.69) is 45.0 Å². The first-order valence-electron chi connectivity index (χ1n) is 5.93. The monoisotopic (exact) mass is 237 g/mol. The Morgan fingerprint density at radius 3 is 2.38 bits per heavy atom. The van der Waals surface area contributed by atoms with E-state index in [1.165, 1.54) is 29.1 Å². The molecule has 1 aromatic carbocycles. The van der Waals surface area contributed by atoms with Gasteiger partial charge in [0.25, 0.3) is 0 Å². The van der Waals surface area contributed by atoms with Crippen LogP contribution in [0, 0.1) is 12.3 Å². The molecule has 90 valence electrons. The van der Waals surface area contributed by atoms with Crippen LogP contribution >= 0.6 is 11.8 Å². The second kappa shape index (κ2) is 6.31. The molecule has 1 nitrogen and oxygen atoms in total. The van der Waals surface area contributed by atoms with Gasteiger partial charge in [0.2, 0.25) is 0 Å². The van der Waals surface area contributed by atoms with E-state index in [9.17, 15) is 0 Å². The molecule has 1 aromatic rings. The van der Waals surface area contributed by atoms with Gasteiger partial charge in [0.1, 0.15) is 0 Å². The van der Waals surface area contributed by atoms with Crippen LogP contribution in [0.3, 0.4) is 0 Å². The van der Waals surface area contributed by atoms with Gasteiger partial charge in [0.15, 0.2) is 0 Å². The number of nitrogens with two attached hydrogens (primary N) is 1. The maximum Gasteiger partial charge on any atom is 0.00721 e. The number of rotatable bonds is 6. The molecule has 0 saturated carbocycles. The summed E-state index contributed by atoms with van der Waals surface area (Å²) in [5.41, 5.74) is 7.34. The van der Waals surface area contributed by atoms with Crippen LogP contribution in [0.5, 0.6) is 0 Å². The smallest absolute Gasteiger partial charge is 0.00721 e. The molecule has 0 amide bonds. The lowest BCUT2D eigenvalue weighted by atomic mass is 9.88. The molecule has 0 aromatic heterocycles. The van der Waals surface area contributed by atoms with E-state index in [1.807, 2.05) is 11.8 Å². The number of benzene rings is 1. The van der Waals surface area contributed by atoms with Crippen LogP contribution in [-0.2, 0) is 0 Å². The van der Waals surface area contributed by atoms with Crippen molar-refractivity contribution in [3.63, 3.8) is 0 Å². The summed E-state index contributed by atoms with van der Waals surface area (Å²) >= 11 is 1.94. The van der Waals surface area contributed by atoms with Crippen LogP contribution in [0.4, 0.5) is 0 Å². The Hall–Kier alpha value is -0.470. The van der Waals surface area contributed by atoms with Gasteiger partial charge >= 0.3 is 0 Å². The standard InChI is InChI=1S/C14H23NS/c1-12-5-7-13(8-6-12)16-10-4-9-14(2,3)11-15/h5-8H,4,9-11,15H2,1-3H3. The summed E-state index contributed by atoms with van der Waals surface area (Å²) in [5, 5.41) is 0. The Morgan fingerprint density at radius 2 is 1.81 bits per heavy atom. The number of thioether (sulfide) groups is 1. The third kappa shape index (κ3) is 5.04. The largest absolute Gasteiger partial charge is 0.330 e. The predicted molar refractivity (Wildman–Crippen MR) is 74.0 cm³/mol. The third-order valence-electron chi connectivity index (χ3n) is 2.84. The van der Waals surface area contributed by atoms with Crippen LogP contribution in [-0.4, -0.2) is 12.3 Å². The van der Waals surface area contributed by atoms with Gasteiger partial charge in [-0.05, 0) is 49.6 Å². The van der Waals surface area contributed by atoms with Crippen LogP contribution in [0.2, 0.25) is 0 Å². The van der Waals surface area contributed by atoms with Crippen molar-refractivity contribution in [3.05, 3.63) is 29.8 Å². The van der Waals surface area contributed by atoms with Crippen molar-refractivity contribution in [2.75, 3.05) is 12.3 Å². The fourth-order valence-electron chi connectivity index (χ4n) is 1.48. The molecule has 0 fully saturated rings. The second-order valence-corrected chi connectivity index (χ2v) is 6.30. The maximum atomic E-state index is 5.71. The van der Waals surface area contributed by atoms with Crippen molar-refractivity contribution in [3.8, 4) is 0 Å². The van der Waals surface area contributed by atoms with E-state index in [1.54, 1.807) is 0 Å². The zero-order valence-electron chi connectivity index (χ0n) is 10.6. The van der Waals surface area contributed by atoms with E-state index in [0.29, 0.717) is 5.41 Å². The molecular formula is C14H23NS. The molecule has 1 rings (SSSR count). The minimum atomic E-state index is 0.299. The van der Waals surface area contributed by atoms with Crippen molar-refractivity contribution in [1.29, 1.82) is 0 Å².